The highest BCUT2D eigenvalue weighted by molar-refractivity contribution is 5.83. The van der Waals surface area contributed by atoms with Gasteiger partial charge in [0.25, 0.3) is 0 Å². The van der Waals surface area contributed by atoms with Crippen LogP contribution in [0.1, 0.15) is 96.8 Å². The molecule has 0 aromatic heterocycles. The fourth-order valence-corrected chi connectivity index (χ4v) is 6.08. The molecular formula is C19H32O2. The van der Waals surface area contributed by atoms with Gasteiger partial charge in [-0.2, -0.15) is 0 Å². The minimum absolute atomic E-state index is 0.132. The third-order valence-electron chi connectivity index (χ3n) is 6.70. The lowest BCUT2D eigenvalue weighted by atomic mass is 9.63. The molecule has 0 bridgehead atoms. The number of ketones is 1. The third kappa shape index (κ3) is 2.93. The Kier molecular flexibility index (Phi) is 4.20. The highest BCUT2D eigenvalue weighted by Gasteiger charge is 2.64. The molecule has 2 atom stereocenters. The van der Waals surface area contributed by atoms with Crippen LogP contribution in [0, 0.1) is 10.8 Å². The van der Waals surface area contributed by atoms with Gasteiger partial charge in [-0.15, -0.1) is 0 Å². The van der Waals surface area contributed by atoms with Crippen molar-refractivity contribution < 1.29 is 9.90 Å². The van der Waals surface area contributed by atoms with Gasteiger partial charge in [0.2, 0.25) is 0 Å². The number of hydrogen-bond acceptors (Lipinski definition) is 2. The molecule has 0 aromatic rings. The molecule has 120 valence electrons. The number of rotatable bonds is 0. The summed E-state index contributed by atoms with van der Waals surface area (Å²) >= 11 is 0. The van der Waals surface area contributed by atoms with Crippen molar-refractivity contribution in [2.75, 3.05) is 0 Å². The Hall–Kier alpha value is -0.370. The second kappa shape index (κ2) is 5.68. The number of aliphatic hydroxyl groups is 1. The Morgan fingerprint density at radius 3 is 1.57 bits per heavy atom. The zero-order valence-corrected chi connectivity index (χ0v) is 13.8. The smallest absolute Gasteiger partial charge is 0.134 e. The van der Waals surface area contributed by atoms with E-state index in [1.807, 2.05) is 6.92 Å². The molecule has 0 radical (unpaired) electrons. The second-order valence-corrected chi connectivity index (χ2v) is 8.63. The lowest BCUT2D eigenvalue weighted by Gasteiger charge is -2.40. The van der Waals surface area contributed by atoms with E-state index in [9.17, 15) is 9.90 Å². The van der Waals surface area contributed by atoms with Gasteiger partial charge in [-0.1, -0.05) is 51.4 Å². The van der Waals surface area contributed by atoms with Crippen molar-refractivity contribution in [3.05, 3.63) is 0 Å². The normalized spacial score (nSPS) is 45.5. The summed E-state index contributed by atoms with van der Waals surface area (Å²) in [6.07, 6.45) is 16.2. The maximum Gasteiger partial charge on any atom is 0.134 e. The van der Waals surface area contributed by atoms with Crippen LogP contribution in [-0.4, -0.2) is 16.5 Å². The van der Waals surface area contributed by atoms with Crippen molar-refractivity contribution in [1.29, 1.82) is 0 Å². The first-order chi connectivity index (χ1) is 9.97. The van der Waals surface area contributed by atoms with Crippen molar-refractivity contribution in [2.24, 2.45) is 10.8 Å². The first kappa shape index (κ1) is 15.5. The maximum absolute atomic E-state index is 12.3. The van der Waals surface area contributed by atoms with Crippen LogP contribution in [0.3, 0.4) is 0 Å². The Labute approximate surface area is 129 Å². The number of carbonyl (C=O) groups is 1. The van der Waals surface area contributed by atoms with E-state index >= 15 is 0 Å². The van der Waals surface area contributed by atoms with Crippen LogP contribution >= 0.6 is 0 Å². The van der Waals surface area contributed by atoms with E-state index in [2.05, 4.69) is 0 Å². The van der Waals surface area contributed by atoms with Gasteiger partial charge in [-0.05, 0) is 43.4 Å². The monoisotopic (exact) mass is 292 g/mol. The molecule has 21 heavy (non-hydrogen) atoms. The molecule has 2 nitrogen and oxygen atoms in total. The van der Waals surface area contributed by atoms with E-state index in [4.69, 9.17) is 0 Å². The molecule has 3 fully saturated rings. The van der Waals surface area contributed by atoms with E-state index < -0.39 is 5.60 Å². The van der Waals surface area contributed by atoms with Crippen LogP contribution in [0.5, 0.6) is 0 Å². The molecule has 1 N–H and O–H groups in total. The molecule has 3 saturated carbocycles. The lowest BCUT2D eigenvalue weighted by Crippen LogP contribution is -2.32. The average molecular weight is 292 g/mol. The molecule has 3 aliphatic rings. The molecule has 0 heterocycles. The third-order valence-corrected chi connectivity index (χ3v) is 6.70. The number of hydrogen-bond donors (Lipinski definition) is 1. The quantitative estimate of drug-likeness (QED) is 0.697. The summed E-state index contributed by atoms with van der Waals surface area (Å²) in [5.41, 5.74) is -0.277. The zero-order chi connectivity index (χ0) is 15.0. The van der Waals surface area contributed by atoms with Crippen LogP contribution in [0.4, 0.5) is 0 Å². The predicted octanol–water partition coefficient (Wildman–Crippen LogP) is 4.78. The van der Waals surface area contributed by atoms with Gasteiger partial charge in [0.1, 0.15) is 5.78 Å². The molecule has 3 rings (SSSR count). The summed E-state index contributed by atoms with van der Waals surface area (Å²) in [5, 5.41) is 10.7. The summed E-state index contributed by atoms with van der Waals surface area (Å²) in [7, 11) is 0. The molecule has 3 aliphatic carbocycles. The predicted molar refractivity (Wildman–Crippen MR) is 85.1 cm³/mol. The summed E-state index contributed by atoms with van der Waals surface area (Å²) < 4.78 is 0. The molecule has 0 saturated heterocycles. The van der Waals surface area contributed by atoms with Crippen molar-refractivity contribution in [3.63, 3.8) is 0 Å². The molecule has 0 aromatic carbocycles. The van der Waals surface area contributed by atoms with Crippen LogP contribution in [-0.2, 0) is 4.79 Å². The van der Waals surface area contributed by atoms with Crippen LogP contribution in [0.25, 0.3) is 0 Å². The first-order valence-corrected chi connectivity index (χ1v) is 9.21. The van der Waals surface area contributed by atoms with Crippen molar-refractivity contribution in [2.45, 2.75) is 102 Å². The lowest BCUT2D eigenvalue weighted by molar-refractivity contribution is -0.118. The summed E-state index contributed by atoms with van der Waals surface area (Å²) in [6.45, 7) is 2.01. The minimum Gasteiger partial charge on any atom is -0.390 e. The molecule has 2 heteroatoms. The topological polar surface area (TPSA) is 37.3 Å². The molecular weight excluding hydrogens is 260 g/mol. The summed E-state index contributed by atoms with van der Waals surface area (Å²) in [4.78, 5) is 12.3. The fourth-order valence-electron chi connectivity index (χ4n) is 6.08. The highest BCUT2D eigenvalue weighted by atomic mass is 16.3. The van der Waals surface area contributed by atoms with Gasteiger partial charge in [0.05, 0.1) is 5.60 Å². The fraction of sp³-hybridized carbons (Fsp3) is 0.947. The minimum atomic E-state index is -0.541. The van der Waals surface area contributed by atoms with Crippen molar-refractivity contribution in [1.82, 2.24) is 0 Å². The largest absolute Gasteiger partial charge is 0.390 e. The van der Waals surface area contributed by atoms with E-state index in [0.29, 0.717) is 5.78 Å². The van der Waals surface area contributed by atoms with Gasteiger partial charge < -0.3 is 5.11 Å². The van der Waals surface area contributed by atoms with Gasteiger partial charge >= 0.3 is 0 Å². The van der Waals surface area contributed by atoms with Crippen LogP contribution in [0.15, 0.2) is 0 Å². The van der Waals surface area contributed by atoms with E-state index in [1.165, 1.54) is 64.2 Å². The van der Waals surface area contributed by atoms with Gasteiger partial charge in [0, 0.05) is 12.8 Å². The second-order valence-electron chi connectivity index (χ2n) is 8.63. The molecule has 0 amide bonds. The summed E-state index contributed by atoms with van der Waals surface area (Å²) in [6, 6.07) is 0. The zero-order valence-electron chi connectivity index (χ0n) is 13.8. The molecule has 2 unspecified atom stereocenters. The van der Waals surface area contributed by atoms with Gasteiger partial charge in [-0.3, -0.25) is 4.79 Å². The van der Waals surface area contributed by atoms with Crippen LogP contribution in [0.2, 0.25) is 0 Å². The molecule has 0 aliphatic heterocycles. The molecule has 0 spiro atoms. The Morgan fingerprint density at radius 2 is 1.14 bits per heavy atom. The first-order valence-electron chi connectivity index (χ1n) is 9.21. The number of carbonyl (C=O) groups excluding carboxylic acids is 1. The number of Topliss-reactive ketones (excluding diaryl/α,β-unsaturated/α-hetero) is 1. The van der Waals surface area contributed by atoms with Crippen molar-refractivity contribution in [3.8, 4) is 0 Å². The van der Waals surface area contributed by atoms with E-state index in [-0.39, 0.29) is 10.8 Å². The standard InChI is InChI=1S/C19H32O2/c1-17(21)14-18-10-8-6-4-2-3-5-7-9-11-19(18,15-17)13-16(20)12-18/h21H,2-15H2,1H3. The Bertz CT molecular complexity index is 366. The van der Waals surface area contributed by atoms with Gasteiger partial charge in [-0.25, -0.2) is 0 Å². The average Bonchev–Trinajstić information content (AvgIpc) is 2.71. The van der Waals surface area contributed by atoms with E-state index in [0.717, 1.165) is 25.7 Å². The summed E-state index contributed by atoms with van der Waals surface area (Å²) in [5.74, 6) is 0.473. The van der Waals surface area contributed by atoms with E-state index in [1.54, 1.807) is 0 Å². The van der Waals surface area contributed by atoms with Crippen molar-refractivity contribution >= 4 is 5.78 Å². The van der Waals surface area contributed by atoms with Gasteiger partial charge in [0.15, 0.2) is 0 Å². The highest BCUT2D eigenvalue weighted by Crippen LogP contribution is 2.68. The Morgan fingerprint density at radius 1 is 0.762 bits per heavy atom. The maximum atomic E-state index is 12.3. The SMILES string of the molecule is CC1(O)CC23CCCCCCCCCCC2(CC(=O)C3)C1. The Balaban J connectivity index is 1.85. The van der Waals surface area contributed by atoms with Crippen LogP contribution < -0.4 is 0 Å².